The molecule has 0 saturated heterocycles. The molecule has 2 aromatic carbocycles. The molecular formula is C18H14F2N2S. The maximum Gasteiger partial charge on any atom is 0.131 e. The first-order chi connectivity index (χ1) is 11.2. The van der Waals surface area contributed by atoms with Gasteiger partial charge in [-0.1, -0.05) is 30.3 Å². The van der Waals surface area contributed by atoms with Crippen LogP contribution in [-0.4, -0.2) is 10.8 Å². The summed E-state index contributed by atoms with van der Waals surface area (Å²) in [6.45, 7) is 0.604. The Morgan fingerprint density at radius 1 is 1.04 bits per heavy atom. The van der Waals surface area contributed by atoms with Crippen LogP contribution < -0.4 is 0 Å². The van der Waals surface area contributed by atoms with Crippen LogP contribution in [0.15, 0.2) is 65.2 Å². The molecule has 23 heavy (non-hydrogen) atoms. The minimum Gasteiger partial charge on any atom is -0.342 e. The van der Waals surface area contributed by atoms with Crippen LogP contribution in [0, 0.1) is 11.6 Å². The van der Waals surface area contributed by atoms with E-state index in [1.54, 1.807) is 18.5 Å². The van der Waals surface area contributed by atoms with Gasteiger partial charge in [-0.3, -0.25) is 0 Å². The Hall–Kier alpha value is -2.40. The number of rotatable bonds is 4. The quantitative estimate of drug-likeness (QED) is 0.526. The summed E-state index contributed by atoms with van der Waals surface area (Å²) in [6.07, 6.45) is 3.36. The summed E-state index contributed by atoms with van der Waals surface area (Å²) < 4.78 is 33.1. The van der Waals surface area contributed by atoms with Gasteiger partial charge in [-0.15, -0.1) is 0 Å². The first-order valence-corrected chi connectivity index (χ1v) is 7.44. The Morgan fingerprint density at radius 3 is 2.57 bits per heavy atom. The molecule has 5 heteroatoms. The fourth-order valence-corrected chi connectivity index (χ4v) is 2.59. The van der Waals surface area contributed by atoms with E-state index < -0.39 is 11.6 Å². The lowest BCUT2D eigenvalue weighted by Crippen LogP contribution is -2.02. The van der Waals surface area contributed by atoms with E-state index in [2.05, 4.69) is 17.2 Å². The van der Waals surface area contributed by atoms with Crippen LogP contribution in [-0.2, 0) is 6.54 Å². The predicted molar refractivity (Wildman–Crippen MR) is 91.9 cm³/mol. The van der Waals surface area contributed by atoms with Gasteiger partial charge in [0.2, 0.25) is 0 Å². The summed E-state index contributed by atoms with van der Waals surface area (Å²) in [7, 11) is 0. The highest BCUT2D eigenvalue weighted by Gasteiger charge is 2.11. The average molecular weight is 328 g/mol. The van der Waals surface area contributed by atoms with Crippen LogP contribution in [0.25, 0.3) is 11.1 Å². The molecular weight excluding hydrogens is 314 g/mol. The molecule has 2 nitrogen and oxygen atoms in total. The molecule has 3 rings (SSSR count). The molecule has 0 saturated carbocycles. The van der Waals surface area contributed by atoms with E-state index in [0.29, 0.717) is 12.1 Å². The zero-order valence-electron chi connectivity index (χ0n) is 12.2. The molecule has 0 amide bonds. The van der Waals surface area contributed by atoms with Crippen molar-refractivity contribution in [2.75, 3.05) is 0 Å². The highest BCUT2D eigenvalue weighted by atomic mass is 32.1. The molecule has 0 aliphatic rings. The van der Waals surface area contributed by atoms with Gasteiger partial charge in [0, 0.05) is 23.9 Å². The number of nitrogens with zero attached hydrogens (tertiary/aromatic N) is 2. The Kier molecular flexibility index (Phi) is 4.57. The minimum absolute atomic E-state index is 0.227. The monoisotopic (exact) mass is 328 g/mol. The van der Waals surface area contributed by atoms with Gasteiger partial charge in [-0.25, -0.2) is 13.2 Å². The Bertz CT molecular complexity index is 841. The predicted octanol–water partition coefficient (Wildman–Crippen LogP) is 4.75. The highest BCUT2D eigenvalue weighted by molar-refractivity contribution is 7.79. The number of hydrogen-bond donors (Lipinski definition) is 1. The summed E-state index contributed by atoms with van der Waals surface area (Å²) in [4.78, 5) is 0. The van der Waals surface area contributed by atoms with Gasteiger partial charge in [0.15, 0.2) is 0 Å². The molecule has 0 unspecified atom stereocenters. The average Bonchev–Trinajstić information content (AvgIpc) is 2.94. The molecule has 0 N–H and O–H groups in total. The fourth-order valence-electron chi connectivity index (χ4n) is 2.48. The van der Waals surface area contributed by atoms with Gasteiger partial charge in [0.25, 0.3) is 0 Å². The van der Waals surface area contributed by atoms with E-state index in [9.17, 15) is 8.78 Å². The zero-order chi connectivity index (χ0) is 16.2. The van der Waals surface area contributed by atoms with Crippen molar-refractivity contribution in [3.8, 4) is 11.1 Å². The number of hydrogen-bond acceptors (Lipinski definition) is 2. The molecule has 116 valence electrons. The lowest BCUT2D eigenvalue weighted by molar-refractivity contribution is 0.603. The van der Waals surface area contributed by atoms with Crippen molar-refractivity contribution in [3.63, 3.8) is 0 Å². The van der Waals surface area contributed by atoms with Gasteiger partial charge in [-0.2, -0.15) is 0 Å². The minimum atomic E-state index is -0.471. The number of aromatic nitrogens is 1. The topological polar surface area (TPSA) is 17.3 Å². The fraction of sp³-hybridized carbons (Fsp3) is 0.0556. The van der Waals surface area contributed by atoms with E-state index in [4.69, 9.17) is 0 Å². The second kappa shape index (κ2) is 6.79. The summed E-state index contributed by atoms with van der Waals surface area (Å²) in [5, 5.41) is 0. The molecule has 3 aromatic rings. The number of thiol groups is 1. The molecule has 0 aliphatic heterocycles. The van der Waals surface area contributed by atoms with E-state index in [0.717, 1.165) is 23.4 Å². The van der Waals surface area contributed by atoms with Crippen molar-refractivity contribution in [3.05, 3.63) is 83.7 Å². The van der Waals surface area contributed by atoms with E-state index in [1.165, 1.54) is 6.07 Å². The molecule has 1 heterocycles. The first kappa shape index (κ1) is 15.5. The van der Waals surface area contributed by atoms with Gasteiger partial charge in [-0.05, 0) is 42.6 Å². The van der Waals surface area contributed by atoms with Crippen LogP contribution in [0.2, 0.25) is 0 Å². The van der Waals surface area contributed by atoms with Crippen LogP contribution in [0.4, 0.5) is 8.78 Å². The van der Waals surface area contributed by atoms with Crippen LogP contribution in [0.1, 0.15) is 11.3 Å². The van der Waals surface area contributed by atoms with Gasteiger partial charge in [0.1, 0.15) is 11.6 Å². The smallest absolute Gasteiger partial charge is 0.131 e. The zero-order valence-corrected chi connectivity index (χ0v) is 13.0. The van der Waals surface area contributed by atoms with Crippen LogP contribution in [0.5, 0.6) is 0 Å². The number of halogens is 2. The highest BCUT2D eigenvalue weighted by Crippen LogP contribution is 2.26. The maximum atomic E-state index is 14.0. The molecule has 0 bridgehead atoms. The summed E-state index contributed by atoms with van der Waals surface area (Å²) in [6, 6.07) is 15.1. The van der Waals surface area contributed by atoms with Crippen molar-refractivity contribution < 1.29 is 8.78 Å². The van der Waals surface area contributed by atoms with Crippen LogP contribution in [0.3, 0.4) is 0 Å². The van der Waals surface area contributed by atoms with Crippen molar-refractivity contribution in [2.24, 2.45) is 4.40 Å². The Balaban J connectivity index is 2.03. The van der Waals surface area contributed by atoms with E-state index >= 15 is 0 Å². The Morgan fingerprint density at radius 2 is 1.83 bits per heavy atom. The summed E-state index contributed by atoms with van der Waals surface area (Å²) in [5.41, 5.74) is 2.69. The Labute approximate surface area is 138 Å². The van der Waals surface area contributed by atoms with Gasteiger partial charge < -0.3 is 4.57 Å². The lowest BCUT2D eigenvalue weighted by Gasteiger charge is -2.06. The van der Waals surface area contributed by atoms with E-state index in [-0.39, 0.29) is 5.56 Å². The van der Waals surface area contributed by atoms with Gasteiger partial charge in [0.05, 0.1) is 11.9 Å². The molecule has 0 fully saturated rings. The largest absolute Gasteiger partial charge is 0.342 e. The molecule has 0 aliphatic carbocycles. The third-order valence-electron chi connectivity index (χ3n) is 3.56. The first-order valence-electron chi connectivity index (χ1n) is 7.04. The SMILES string of the molecule is Fc1ccc(F)c(-c2cc(/C=N/S)n(Cc3ccccc3)c2)c1. The lowest BCUT2D eigenvalue weighted by atomic mass is 10.1. The normalized spacial score (nSPS) is 11.3. The second-order valence-corrected chi connectivity index (χ2v) is 5.37. The molecule has 1 aromatic heterocycles. The van der Waals surface area contributed by atoms with Crippen molar-refractivity contribution in [1.82, 2.24) is 4.57 Å². The summed E-state index contributed by atoms with van der Waals surface area (Å²) >= 11 is 3.86. The maximum absolute atomic E-state index is 14.0. The van der Waals surface area contributed by atoms with Crippen molar-refractivity contribution >= 4 is 19.0 Å². The molecule has 0 atom stereocenters. The number of benzene rings is 2. The van der Waals surface area contributed by atoms with Crippen molar-refractivity contribution in [2.45, 2.75) is 6.54 Å². The van der Waals surface area contributed by atoms with Crippen LogP contribution >= 0.6 is 12.8 Å². The van der Waals surface area contributed by atoms with Gasteiger partial charge >= 0.3 is 0 Å². The van der Waals surface area contributed by atoms with Crippen molar-refractivity contribution in [1.29, 1.82) is 0 Å². The second-order valence-electron chi connectivity index (χ2n) is 5.14. The third-order valence-corrected chi connectivity index (χ3v) is 3.67. The third kappa shape index (κ3) is 3.51. The molecule has 0 radical (unpaired) electrons. The molecule has 0 spiro atoms. The summed E-state index contributed by atoms with van der Waals surface area (Å²) in [5.74, 6) is -0.931. The van der Waals surface area contributed by atoms with E-state index in [1.807, 2.05) is 34.9 Å². The standard InChI is InChI=1S/C18H14F2N2S/c19-15-6-7-18(20)17(9-15)14-8-16(10-21-23)22(12-14)11-13-4-2-1-3-5-13/h1-10,12,23H,11H2/b21-10+.